The number of hydrogen-bond donors (Lipinski definition) is 1. The summed E-state index contributed by atoms with van der Waals surface area (Å²) in [5.41, 5.74) is 8.95. The van der Waals surface area contributed by atoms with Gasteiger partial charge in [0.2, 0.25) is 0 Å². The molecule has 0 aliphatic carbocycles. The molecule has 0 amide bonds. The van der Waals surface area contributed by atoms with Crippen LogP contribution in [0.3, 0.4) is 0 Å². The van der Waals surface area contributed by atoms with E-state index in [9.17, 15) is 0 Å². The zero-order valence-corrected chi connectivity index (χ0v) is 10.8. The van der Waals surface area contributed by atoms with Crippen LogP contribution in [0.4, 0.5) is 0 Å². The van der Waals surface area contributed by atoms with Crippen molar-refractivity contribution < 1.29 is 4.74 Å². The van der Waals surface area contributed by atoms with Crippen molar-refractivity contribution in [3.63, 3.8) is 0 Å². The van der Waals surface area contributed by atoms with E-state index in [-0.39, 0.29) is 0 Å². The number of aromatic nitrogens is 1. The molecule has 90 valence electrons. The molecule has 0 saturated heterocycles. The van der Waals surface area contributed by atoms with Crippen molar-refractivity contribution >= 4 is 23.4 Å². The molecule has 17 heavy (non-hydrogen) atoms. The highest BCUT2D eigenvalue weighted by molar-refractivity contribution is 7.06. The molecule has 1 aromatic carbocycles. The highest BCUT2D eigenvalue weighted by atomic mass is 32.1. The van der Waals surface area contributed by atoms with Crippen LogP contribution in [0.2, 0.25) is 0 Å². The topological polar surface area (TPSA) is 40.2 Å². The summed E-state index contributed by atoms with van der Waals surface area (Å²) in [6.45, 7) is 4.66. The standard InChI is InChI=1S/C13H16N2OS/c1-3-16-13-7-5-4-6-11(13)12(14)8-15-10(2)9-17-15/h4-9H,3,14H2,1-2H3/b12-8-. The van der Waals surface area contributed by atoms with E-state index in [4.69, 9.17) is 10.5 Å². The second-order valence-corrected chi connectivity index (χ2v) is 4.54. The predicted molar refractivity (Wildman–Crippen MR) is 73.0 cm³/mol. The second kappa shape index (κ2) is 5.10. The van der Waals surface area contributed by atoms with Gasteiger partial charge < -0.3 is 10.5 Å². The summed E-state index contributed by atoms with van der Waals surface area (Å²) < 4.78 is 7.60. The Morgan fingerprint density at radius 3 is 2.82 bits per heavy atom. The van der Waals surface area contributed by atoms with Gasteiger partial charge in [-0.05, 0) is 26.0 Å². The summed E-state index contributed by atoms with van der Waals surface area (Å²) in [7, 11) is 0. The van der Waals surface area contributed by atoms with E-state index in [0.717, 1.165) is 11.3 Å². The SMILES string of the molecule is CCOc1ccccc1/C(N)=C/n1scc1C. The van der Waals surface area contributed by atoms with Crippen LogP contribution in [0.1, 0.15) is 18.2 Å². The van der Waals surface area contributed by atoms with E-state index in [1.807, 2.05) is 41.3 Å². The molecule has 1 heterocycles. The summed E-state index contributed by atoms with van der Waals surface area (Å²) in [5.74, 6) is 0.830. The van der Waals surface area contributed by atoms with Gasteiger partial charge in [-0.15, -0.1) is 0 Å². The third kappa shape index (κ3) is 2.53. The molecular formula is C13H16N2OS. The molecule has 3 nitrogen and oxygen atoms in total. The van der Waals surface area contributed by atoms with Crippen LogP contribution >= 0.6 is 11.5 Å². The van der Waals surface area contributed by atoms with Gasteiger partial charge >= 0.3 is 0 Å². The molecule has 2 rings (SSSR count). The van der Waals surface area contributed by atoms with Gasteiger partial charge in [0.25, 0.3) is 0 Å². The Balaban J connectivity index is 2.31. The molecule has 0 aliphatic rings. The maximum atomic E-state index is 6.10. The normalized spacial score (nSPS) is 11.8. The Bertz CT molecular complexity index is 525. The van der Waals surface area contributed by atoms with Gasteiger partial charge in [0.05, 0.1) is 12.3 Å². The first-order valence-electron chi connectivity index (χ1n) is 5.54. The second-order valence-electron chi connectivity index (χ2n) is 3.70. The molecule has 2 N–H and O–H groups in total. The molecule has 0 saturated carbocycles. The van der Waals surface area contributed by atoms with Crippen molar-refractivity contribution in [2.45, 2.75) is 13.8 Å². The number of hydrogen-bond acceptors (Lipinski definition) is 3. The summed E-state index contributed by atoms with van der Waals surface area (Å²) in [4.78, 5) is 0. The molecule has 0 atom stereocenters. The van der Waals surface area contributed by atoms with Crippen molar-refractivity contribution in [2.75, 3.05) is 6.61 Å². The Morgan fingerprint density at radius 2 is 2.24 bits per heavy atom. The monoisotopic (exact) mass is 248 g/mol. The molecule has 2 aromatic rings. The number of nitrogens with zero attached hydrogens (tertiary/aromatic N) is 1. The summed E-state index contributed by atoms with van der Waals surface area (Å²) >= 11 is 1.63. The number of para-hydroxylation sites is 1. The molecule has 1 aromatic heterocycles. The lowest BCUT2D eigenvalue weighted by Crippen LogP contribution is -2.04. The number of ether oxygens (including phenoxy) is 1. The summed E-state index contributed by atoms with van der Waals surface area (Å²) in [5, 5.41) is 2.08. The minimum absolute atomic E-state index is 0.641. The number of benzene rings is 1. The van der Waals surface area contributed by atoms with Gasteiger partial charge in [-0.3, -0.25) is 3.96 Å². The van der Waals surface area contributed by atoms with Crippen molar-refractivity contribution in [2.24, 2.45) is 5.73 Å². The Kier molecular flexibility index (Phi) is 3.54. The average Bonchev–Trinajstić information content (AvgIpc) is 2.35. The van der Waals surface area contributed by atoms with Crippen molar-refractivity contribution in [3.8, 4) is 5.75 Å². The van der Waals surface area contributed by atoms with Crippen LogP contribution in [0.5, 0.6) is 5.75 Å². The van der Waals surface area contributed by atoms with Gasteiger partial charge in [0, 0.05) is 22.8 Å². The molecule has 0 aliphatic heterocycles. The van der Waals surface area contributed by atoms with Crippen LogP contribution in [0, 0.1) is 6.92 Å². The first kappa shape index (κ1) is 11.8. The van der Waals surface area contributed by atoms with E-state index < -0.39 is 0 Å². The molecule has 4 heteroatoms. The first-order chi connectivity index (χ1) is 8.22. The summed E-state index contributed by atoms with van der Waals surface area (Å²) in [6, 6.07) is 7.82. The van der Waals surface area contributed by atoms with Crippen molar-refractivity contribution in [1.82, 2.24) is 3.96 Å². The molecule has 0 spiro atoms. The lowest BCUT2D eigenvalue weighted by Gasteiger charge is -2.12. The number of rotatable bonds is 4. The largest absolute Gasteiger partial charge is 0.493 e. The molecule has 0 radical (unpaired) electrons. The lowest BCUT2D eigenvalue weighted by atomic mass is 10.1. The van der Waals surface area contributed by atoms with E-state index in [1.165, 1.54) is 5.69 Å². The number of nitrogens with two attached hydrogens (primary N) is 1. The molecular weight excluding hydrogens is 232 g/mol. The van der Waals surface area contributed by atoms with E-state index in [0.29, 0.717) is 12.3 Å². The van der Waals surface area contributed by atoms with Crippen LogP contribution in [0.25, 0.3) is 11.9 Å². The van der Waals surface area contributed by atoms with Crippen LogP contribution in [-0.4, -0.2) is 10.6 Å². The third-order valence-electron chi connectivity index (χ3n) is 2.44. The fourth-order valence-corrected chi connectivity index (χ4v) is 2.15. The Labute approximate surface area is 105 Å². The molecule has 0 fully saturated rings. The average molecular weight is 248 g/mol. The van der Waals surface area contributed by atoms with Gasteiger partial charge in [0.1, 0.15) is 5.75 Å². The van der Waals surface area contributed by atoms with Gasteiger partial charge in [-0.2, -0.15) is 0 Å². The van der Waals surface area contributed by atoms with E-state index in [2.05, 4.69) is 12.3 Å². The minimum atomic E-state index is 0.641. The zero-order valence-electron chi connectivity index (χ0n) is 10.0. The maximum Gasteiger partial charge on any atom is 0.128 e. The molecule has 0 unspecified atom stereocenters. The Morgan fingerprint density at radius 1 is 1.47 bits per heavy atom. The maximum absolute atomic E-state index is 6.10. The van der Waals surface area contributed by atoms with Crippen molar-refractivity contribution in [1.29, 1.82) is 0 Å². The van der Waals surface area contributed by atoms with Gasteiger partial charge in [-0.1, -0.05) is 23.7 Å². The van der Waals surface area contributed by atoms with Crippen LogP contribution < -0.4 is 10.5 Å². The third-order valence-corrected chi connectivity index (χ3v) is 3.51. The van der Waals surface area contributed by atoms with Crippen LogP contribution in [0.15, 0.2) is 29.6 Å². The quantitative estimate of drug-likeness (QED) is 0.902. The first-order valence-corrected chi connectivity index (χ1v) is 6.38. The lowest BCUT2D eigenvalue weighted by molar-refractivity contribution is 0.339. The smallest absolute Gasteiger partial charge is 0.128 e. The van der Waals surface area contributed by atoms with Gasteiger partial charge in [-0.25, -0.2) is 0 Å². The van der Waals surface area contributed by atoms with Crippen molar-refractivity contribution in [3.05, 3.63) is 40.9 Å². The summed E-state index contributed by atoms with van der Waals surface area (Å²) in [6.07, 6.45) is 1.93. The number of aryl methyl sites for hydroxylation is 1. The van der Waals surface area contributed by atoms with Crippen LogP contribution in [-0.2, 0) is 0 Å². The van der Waals surface area contributed by atoms with E-state index in [1.54, 1.807) is 11.5 Å². The van der Waals surface area contributed by atoms with Gasteiger partial charge in [0.15, 0.2) is 0 Å². The highest BCUT2D eigenvalue weighted by Gasteiger charge is 2.06. The highest BCUT2D eigenvalue weighted by Crippen LogP contribution is 2.24. The zero-order chi connectivity index (χ0) is 12.3. The fourth-order valence-electron chi connectivity index (χ4n) is 1.53. The Hall–Kier alpha value is -1.68. The fraction of sp³-hybridized carbons (Fsp3) is 0.231. The van der Waals surface area contributed by atoms with E-state index >= 15 is 0 Å². The molecule has 0 bridgehead atoms. The predicted octanol–water partition coefficient (Wildman–Crippen LogP) is 3.17. The minimum Gasteiger partial charge on any atom is -0.493 e.